The Labute approximate surface area is 140 Å². The topological polar surface area (TPSA) is 57.2 Å². The van der Waals surface area contributed by atoms with Crippen LogP contribution in [0.2, 0.25) is 0 Å². The lowest BCUT2D eigenvalue weighted by atomic mass is 10.00. The summed E-state index contributed by atoms with van der Waals surface area (Å²) in [4.78, 5) is 0. The molecule has 23 heavy (non-hydrogen) atoms. The highest BCUT2D eigenvalue weighted by Gasteiger charge is 2.74. The molecular weight excluding hydrogens is 315 g/mol. The molecule has 132 valence electrons. The third kappa shape index (κ3) is 3.37. The van der Waals surface area contributed by atoms with E-state index in [1.54, 1.807) is 0 Å². The minimum Gasteiger partial charge on any atom is -0.390 e. The smallest absolute Gasteiger partial charge is 0.197 e. The number of aliphatic hydroxyl groups excluding tert-OH is 1. The first-order valence-corrected chi connectivity index (χ1v) is 9.75. The quantitative estimate of drug-likeness (QED) is 0.747. The van der Waals surface area contributed by atoms with Gasteiger partial charge in [-0.25, -0.2) is 0 Å². The van der Waals surface area contributed by atoms with Gasteiger partial charge in [-0.15, -0.1) is 0 Å². The second-order valence-corrected chi connectivity index (χ2v) is 9.13. The van der Waals surface area contributed by atoms with Gasteiger partial charge in [0.25, 0.3) is 0 Å². The fraction of sp³-hybridized carbons (Fsp3) is 0.882. The number of rotatable bonds is 6. The van der Waals surface area contributed by atoms with Gasteiger partial charge in [-0.3, -0.25) is 0 Å². The molecule has 0 radical (unpaired) electrons. The zero-order valence-electron chi connectivity index (χ0n) is 14.9. The number of aliphatic hydroxyl groups is 1. The summed E-state index contributed by atoms with van der Waals surface area (Å²) in [7, 11) is -1.08. The molecule has 5 unspecified atom stereocenters. The highest BCUT2D eigenvalue weighted by molar-refractivity contribution is 7.50. The Kier molecular flexibility index (Phi) is 4.68. The van der Waals surface area contributed by atoms with Crippen LogP contribution in [0.1, 0.15) is 48.0 Å². The summed E-state index contributed by atoms with van der Waals surface area (Å²) in [5.41, 5.74) is -0.126. The first kappa shape index (κ1) is 17.8. The summed E-state index contributed by atoms with van der Waals surface area (Å²) in [6.45, 7) is 11.9. The summed E-state index contributed by atoms with van der Waals surface area (Å²) >= 11 is 0. The summed E-state index contributed by atoms with van der Waals surface area (Å²) in [6.07, 6.45) is 2.58. The van der Waals surface area contributed by atoms with Crippen molar-refractivity contribution in [3.8, 4) is 0 Å². The van der Waals surface area contributed by atoms with Crippen molar-refractivity contribution in [2.24, 2.45) is 11.3 Å². The summed E-state index contributed by atoms with van der Waals surface area (Å²) in [5.74, 6) is 1.64. The lowest BCUT2D eigenvalue weighted by Gasteiger charge is -2.22. The third-order valence-corrected chi connectivity index (χ3v) is 6.30. The average molecular weight is 344 g/mol. The van der Waals surface area contributed by atoms with Gasteiger partial charge in [0.1, 0.15) is 6.10 Å². The molecule has 1 saturated heterocycles. The predicted octanol–water partition coefficient (Wildman–Crippen LogP) is 3.56. The molecule has 3 fully saturated rings. The Hall–Kier alpha value is -0.0300. The second kappa shape index (κ2) is 6.05. The third-order valence-electron chi connectivity index (χ3n) is 4.65. The summed E-state index contributed by atoms with van der Waals surface area (Å²) < 4.78 is 23.7. The zero-order valence-corrected chi connectivity index (χ0v) is 15.7. The first-order chi connectivity index (χ1) is 10.6. The fourth-order valence-electron chi connectivity index (χ4n) is 3.77. The second-order valence-electron chi connectivity index (χ2n) is 7.84. The molecule has 0 spiro atoms. The summed E-state index contributed by atoms with van der Waals surface area (Å²) in [5, 5.41) is 10.5. The van der Waals surface area contributed by atoms with Crippen LogP contribution in [-0.4, -0.2) is 41.4 Å². The normalized spacial score (nSPS) is 41.3. The van der Waals surface area contributed by atoms with Gasteiger partial charge < -0.3 is 23.6 Å². The van der Waals surface area contributed by atoms with Crippen molar-refractivity contribution in [3.05, 3.63) is 11.9 Å². The SMILES string of the molecule is CC(C)OP(C=CC12CC1C(O)C1OC(C)(C)OC12)OC(C)C. The predicted molar refractivity (Wildman–Crippen MR) is 88.9 cm³/mol. The van der Waals surface area contributed by atoms with Gasteiger partial charge >= 0.3 is 0 Å². The van der Waals surface area contributed by atoms with E-state index >= 15 is 0 Å². The van der Waals surface area contributed by atoms with E-state index in [1.807, 2.05) is 47.4 Å². The molecule has 0 amide bonds. The van der Waals surface area contributed by atoms with Crippen molar-refractivity contribution < 1.29 is 23.6 Å². The molecule has 6 heteroatoms. The van der Waals surface area contributed by atoms with Crippen molar-refractivity contribution in [2.45, 2.75) is 84.3 Å². The Morgan fingerprint density at radius 3 is 2.30 bits per heavy atom. The van der Waals surface area contributed by atoms with Gasteiger partial charge in [-0.05, 0) is 53.8 Å². The van der Waals surface area contributed by atoms with E-state index in [0.29, 0.717) is 0 Å². The van der Waals surface area contributed by atoms with E-state index in [9.17, 15) is 5.11 Å². The van der Waals surface area contributed by atoms with Gasteiger partial charge in [0.15, 0.2) is 14.2 Å². The molecule has 0 aromatic carbocycles. The Bertz CT molecular complexity index is 468. The maximum atomic E-state index is 10.5. The van der Waals surface area contributed by atoms with E-state index in [4.69, 9.17) is 18.5 Å². The number of ether oxygens (including phenoxy) is 2. The molecule has 5 nitrogen and oxygen atoms in total. The highest BCUT2D eigenvalue weighted by atomic mass is 31.2. The van der Waals surface area contributed by atoms with Crippen LogP contribution >= 0.6 is 8.38 Å². The van der Waals surface area contributed by atoms with Crippen LogP contribution in [0.4, 0.5) is 0 Å². The molecule has 1 heterocycles. The maximum absolute atomic E-state index is 10.5. The Morgan fingerprint density at radius 1 is 1.13 bits per heavy atom. The van der Waals surface area contributed by atoms with E-state index < -0.39 is 20.3 Å². The van der Waals surface area contributed by atoms with Crippen molar-refractivity contribution >= 4 is 8.38 Å². The van der Waals surface area contributed by atoms with E-state index in [2.05, 4.69) is 6.08 Å². The van der Waals surface area contributed by atoms with Crippen LogP contribution in [0.5, 0.6) is 0 Å². The molecule has 2 saturated carbocycles. The molecule has 3 rings (SSSR count). The monoisotopic (exact) mass is 344 g/mol. The largest absolute Gasteiger partial charge is 0.390 e. The van der Waals surface area contributed by atoms with Crippen LogP contribution in [0.3, 0.4) is 0 Å². The molecule has 1 N–H and O–H groups in total. The van der Waals surface area contributed by atoms with Crippen LogP contribution in [-0.2, 0) is 18.5 Å². The van der Waals surface area contributed by atoms with Crippen LogP contribution < -0.4 is 0 Å². The molecule has 0 aromatic rings. The Morgan fingerprint density at radius 2 is 1.74 bits per heavy atom. The number of hydrogen-bond acceptors (Lipinski definition) is 5. The lowest BCUT2D eigenvalue weighted by molar-refractivity contribution is -0.165. The average Bonchev–Trinajstić information content (AvgIpc) is 2.98. The standard InChI is InChI=1S/C17H29O5P/c1-10(2)21-23(22-11(3)4)8-7-17-9-12(17)13(18)14-15(17)20-16(5,6)19-14/h7-8,10-15,18H,9H2,1-6H3. The van der Waals surface area contributed by atoms with Crippen molar-refractivity contribution in [1.29, 1.82) is 0 Å². The molecule has 1 aliphatic heterocycles. The molecule has 0 bridgehead atoms. The minimum atomic E-state index is -1.08. The van der Waals surface area contributed by atoms with Gasteiger partial charge in [0, 0.05) is 11.3 Å². The van der Waals surface area contributed by atoms with E-state index in [0.717, 1.165) is 6.42 Å². The van der Waals surface area contributed by atoms with E-state index in [-0.39, 0.29) is 35.7 Å². The van der Waals surface area contributed by atoms with Crippen LogP contribution in [0.25, 0.3) is 0 Å². The minimum absolute atomic E-state index is 0.0799. The Balaban J connectivity index is 1.73. The first-order valence-electron chi connectivity index (χ1n) is 8.50. The molecule has 0 aromatic heterocycles. The van der Waals surface area contributed by atoms with Crippen LogP contribution in [0.15, 0.2) is 11.9 Å². The van der Waals surface area contributed by atoms with Crippen LogP contribution in [0, 0.1) is 11.3 Å². The molecule has 5 atom stereocenters. The van der Waals surface area contributed by atoms with Gasteiger partial charge in [-0.1, -0.05) is 6.08 Å². The molecule has 2 aliphatic carbocycles. The summed E-state index contributed by atoms with van der Waals surface area (Å²) in [6, 6.07) is 0. The van der Waals surface area contributed by atoms with Gasteiger partial charge in [0.05, 0.1) is 24.4 Å². The fourth-order valence-corrected chi connectivity index (χ4v) is 5.19. The number of hydrogen-bond donors (Lipinski definition) is 1. The van der Waals surface area contributed by atoms with Crippen molar-refractivity contribution in [1.82, 2.24) is 0 Å². The van der Waals surface area contributed by atoms with Gasteiger partial charge in [0.2, 0.25) is 0 Å². The van der Waals surface area contributed by atoms with Gasteiger partial charge in [-0.2, -0.15) is 0 Å². The van der Waals surface area contributed by atoms with Crippen molar-refractivity contribution in [2.75, 3.05) is 0 Å². The lowest BCUT2D eigenvalue weighted by Crippen LogP contribution is -2.32. The highest BCUT2D eigenvalue weighted by Crippen LogP contribution is 2.69. The maximum Gasteiger partial charge on any atom is 0.197 e. The molecular formula is C17H29O5P. The van der Waals surface area contributed by atoms with Crippen molar-refractivity contribution in [3.63, 3.8) is 0 Å². The van der Waals surface area contributed by atoms with E-state index in [1.165, 1.54) is 0 Å². The zero-order chi connectivity index (χ0) is 17.0. The number of fused-ring (bicyclic) bond motifs is 3. The molecule has 3 aliphatic rings.